The molecule has 0 spiro atoms. The Morgan fingerprint density at radius 3 is 2.66 bits per heavy atom. The molecule has 0 atom stereocenters. The molecule has 0 unspecified atom stereocenters. The SMILES string of the molecule is Cc1cc(-c2ccc(N(C)C)nc2)sc1Cn1cnn(CC(CN)=C(F)F)c1=O. The van der Waals surface area contributed by atoms with Crippen LogP contribution in [0.1, 0.15) is 10.4 Å². The van der Waals surface area contributed by atoms with Gasteiger partial charge < -0.3 is 10.6 Å². The quantitative estimate of drug-likeness (QED) is 0.636. The molecule has 10 heteroatoms. The molecule has 0 aromatic carbocycles. The second-order valence-electron chi connectivity index (χ2n) is 6.78. The Hall–Kier alpha value is -2.85. The molecule has 0 radical (unpaired) electrons. The second-order valence-corrected chi connectivity index (χ2v) is 7.92. The lowest BCUT2D eigenvalue weighted by Gasteiger charge is -2.10. The lowest BCUT2D eigenvalue weighted by Crippen LogP contribution is -2.27. The number of nitrogens with two attached hydrogens (primary N) is 1. The molecule has 2 N–H and O–H groups in total. The van der Waals surface area contributed by atoms with Crippen LogP contribution in [0, 0.1) is 6.92 Å². The highest BCUT2D eigenvalue weighted by atomic mass is 32.1. The number of anilines is 1. The number of hydrogen-bond donors (Lipinski definition) is 1. The number of aromatic nitrogens is 4. The van der Waals surface area contributed by atoms with E-state index in [2.05, 4.69) is 16.1 Å². The van der Waals surface area contributed by atoms with E-state index in [0.29, 0.717) is 6.54 Å². The Balaban J connectivity index is 1.81. The van der Waals surface area contributed by atoms with Gasteiger partial charge in [-0.05, 0) is 30.7 Å². The van der Waals surface area contributed by atoms with E-state index in [1.54, 1.807) is 11.3 Å². The monoisotopic (exact) mass is 420 g/mol. The van der Waals surface area contributed by atoms with Gasteiger partial charge in [-0.3, -0.25) is 4.57 Å². The molecule has 0 saturated carbocycles. The molecular formula is C19H22F2N6OS. The number of hydrogen-bond acceptors (Lipinski definition) is 6. The van der Waals surface area contributed by atoms with Crippen LogP contribution in [0.25, 0.3) is 10.4 Å². The summed E-state index contributed by atoms with van der Waals surface area (Å²) >= 11 is 1.56. The smallest absolute Gasteiger partial charge is 0.346 e. The van der Waals surface area contributed by atoms with Crippen LogP contribution in [-0.2, 0) is 13.1 Å². The predicted molar refractivity (Wildman–Crippen MR) is 110 cm³/mol. The molecule has 3 aromatic rings. The zero-order valence-corrected chi connectivity index (χ0v) is 17.2. The minimum absolute atomic E-state index is 0.305. The van der Waals surface area contributed by atoms with Gasteiger partial charge in [0.2, 0.25) is 0 Å². The fourth-order valence-electron chi connectivity index (χ4n) is 2.74. The Morgan fingerprint density at radius 2 is 2.07 bits per heavy atom. The van der Waals surface area contributed by atoms with E-state index < -0.39 is 11.8 Å². The van der Waals surface area contributed by atoms with Gasteiger partial charge in [0.25, 0.3) is 6.08 Å². The maximum atomic E-state index is 12.8. The molecule has 0 bridgehead atoms. The van der Waals surface area contributed by atoms with E-state index in [0.717, 1.165) is 31.4 Å². The third kappa shape index (κ3) is 4.60. The highest BCUT2D eigenvalue weighted by Crippen LogP contribution is 2.31. The zero-order valence-electron chi connectivity index (χ0n) is 16.4. The van der Waals surface area contributed by atoms with Crippen LogP contribution in [0.3, 0.4) is 0 Å². The van der Waals surface area contributed by atoms with E-state index in [4.69, 9.17) is 5.73 Å². The molecule has 0 aliphatic heterocycles. The average Bonchev–Trinajstić information content (AvgIpc) is 3.23. The summed E-state index contributed by atoms with van der Waals surface area (Å²) in [5.74, 6) is 0.872. The molecule has 29 heavy (non-hydrogen) atoms. The van der Waals surface area contributed by atoms with Crippen molar-refractivity contribution >= 4 is 17.2 Å². The number of thiophene rings is 1. The van der Waals surface area contributed by atoms with Crippen molar-refractivity contribution in [2.75, 3.05) is 25.5 Å². The van der Waals surface area contributed by atoms with Crippen LogP contribution in [0.15, 0.2) is 47.2 Å². The van der Waals surface area contributed by atoms with Gasteiger partial charge in [0, 0.05) is 47.7 Å². The topological polar surface area (TPSA) is 82.0 Å². The first-order chi connectivity index (χ1) is 13.8. The second kappa shape index (κ2) is 8.66. The van der Waals surface area contributed by atoms with Gasteiger partial charge in [-0.2, -0.15) is 13.9 Å². The van der Waals surface area contributed by atoms with Gasteiger partial charge >= 0.3 is 5.69 Å². The molecule has 3 aromatic heterocycles. The number of nitrogens with zero attached hydrogens (tertiary/aromatic N) is 5. The summed E-state index contributed by atoms with van der Waals surface area (Å²) in [6.07, 6.45) is 1.31. The highest BCUT2D eigenvalue weighted by molar-refractivity contribution is 7.15. The Morgan fingerprint density at radius 1 is 1.31 bits per heavy atom. The largest absolute Gasteiger partial charge is 0.363 e. The van der Waals surface area contributed by atoms with Crippen molar-refractivity contribution in [3.05, 3.63) is 63.3 Å². The first-order valence-electron chi connectivity index (χ1n) is 8.88. The van der Waals surface area contributed by atoms with E-state index in [-0.39, 0.29) is 18.7 Å². The van der Waals surface area contributed by atoms with Gasteiger partial charge in [-0.1, -0.05) is 0 Å². The van der Waals surface area contributed by atoms with E-state index in [1.165, 1.54) is 10.9 Å². The summed E-state index contributed by atoms with van der Waals surface area (Å²) in [6.45, 7) is 1.65. The molecule has 7 nitrogen and oxygen atoms in total. The van der Waals surface area contributed by atoms with Gasteiger partial charge in [0.15, 0.2) is 0 Å². The minimum atomic E-state index is -1.87. The standard InChI is InChI=1S/C19H22F2N6OS/c1-12-6-15(13-4-5-17(23-8-13)25(2)3)29-16(12)10-26-11-24-27(19(26)28)9-14(7-22)18(20)21/h4-6,8,11H,7,9-10,22H2,1-3H3. The molecule has 0 aliphatic rings. The van der Waals surface area contributed by atoms with Crippen molar-refractivity contribution < 1.29 is 8.78 Å². The third-order valence-corrected chi connectivity index (χ3v) is 5.75. The third-order valence-electron chi connectivity index (χ3n) is 4.48. The molecule has 0 aliphatic carbocycles. The average molecular weight is 420 g/mol. The molecule has 0 fully saturated rings. The number of halogens is 2. The molecule has 154 valence electrons. The Bertz CT molecular complexity index is 1080. The summed E-state index contributed by atoms with van der Waals surface area (Å²) in [4.78, 5) is 20.9. The number of rotatable bonds is 7. The van der Waals surface area contributed by atoms with Crippen molar-refractivity contribution in [2.45, 2.75) is 20.0 Å². The van der Waals surface area contributed by atoms with Crippen LogP contribution in [0.5, 0.6) is 0 Å². The van der Waals surface area contributed by atoms with Crippen molar-refractivity contribution in [1.82, 2.24) is 19.3 Å². The summed E-state index contributed by atoms with van der Waals surface area (Å²) < 4.78 is 28.0. The highest BCUT2D eigenvalue weighted by Gasteiger charge is 2.14. The van der Waals surface area contributed by atoms with Gasteiger partial charge in [-0.25, -0.2) is 14.5 Å². The van der Waals surface area contributed by atoms with Crippen LogP contribution in [0.2, 0.25) is 0 Å². The molecule has 0 saturated heterocycles. The maximum absolute atomic E-state index is 12.8. The molecule has 3 rings (SSSR count). The molecular weight excluding hydrogens is 398 g/mol. The van der Waals surface area contributed by atoms with Gasteiger partial charge in [0.05, 0.1) is 13.1 Å². The summed E-state index contributed by atoms with van der Waals surface area (Å²) in [6, 6.07) is 6.01. The van der Waals surface area contributed by atoms with E-state index in [1.807, 2.05) is 44.2 Å². The van der Waals surface area contributed by atoms with Crippen molar-refractivity contribution in [3.63, 3.8) is 0 Å². The van der Waals surface area contributed by atoms with Gasteiger partial charge in [0.1, 0.15) is 12.1 Å². The lowest BCUT2D eigenvalue weighted by molar-refractivity contribution is 0.400. The molecule has 0 amide bonds. The summed E-state index contributed by atoms with van der Waals surface area (Å²) in [5.41, 5.74) is 6.59. The minimum Gasteiger partial charge on any atom is -0.363 e. The summed E-state index contributed by atoms with van der Waals surface area (Å²) in [5, 5.41) is 3.94. The first-order valence-corrected chi connectivity index (χ1v) is 9.70. The normalized spacial score (nSPS) is 11.0. The van der Waals surface area contributed by atoms with Gasteiger partial charge in [-0.15, -0.1) is 11.3 Å². The fraction of sp³-hybridized carbons (Fsp3) is 0.316. The fourth-order valence-corrected chi connectivity index (χ4v) is 3.90. The molecule has 3 heterocycles. The van der Waals surface area contributed by atoms with Crippen molar-refractivity contribution in [2.24, 2.45) is 5.73 Å². The van der Waals surface area contributed by atoms with Crippen LogP contribution in [-0.4, -0.2) is 40.0 Å². The Kier molecular flexibility index (Phi) is 6.23. The van der Waals surface area contributed by atoms with Crippen molar-refractivity contribution in [1.29, 1.82) is 0 Å². The lowest BCUT2D eigenvalue weighted by atomic mass is 10.2. The van der Waals surface area contributed by atoms with Crippen LogP contribution < -0.4 is 16.3 Å². The van der Waals surface area contributed by atoms with E-state index >= 15 is 0 Å². The first kappa shape index (κ1) is 20.9. The number of pyridine rings is 1. The maximum Gasteiger partial charge on any atom is 0.346 e. The van der Waals surface area contributed by atoms with Crippen molar-refractivity contribution in [3.8, 4) is 10.4 Å². The predicted octanol–water partition coefficient (Wildman–Crippen LogP) is 2.70. The van der Waals surface area contributed by atoms with Crippen LogP contribution in [0.4, 0.5) is 14.6 Å². The zero-order chi connectivity index (χ0) is 21.1. The van der Waals surface area contributed by atoms with Crippen LogP contribution >= 0.6 is 11.3 Å². The summed E-state index contributed by atoms with van der Waals surface area (Å²) in [7, 11) is 3.86. The number of aryl methyl sites for hydroxylation is 1. The van der Waals surface area contributed by atoms with E-state index in [9.17, 15) is 13.6 Å². The Labute approximate surface area is 170 Å².